The van der Waals surface area contributed by atoms with Crippen molar-refractivity contribution in [2.24, 2.45) is 0 Å². The Hall–Kier alpha value is -0.920. The van der Waals surface area contributed by atoms with E-state index in [9.17, 15) is 0 Å². The monoisotopic (exact) mass is 241 g/mol. The maximum absolute atomic E-state index is 4.10. The molecule has 0 saturated heterocycles. The van der Waals surface area contributed by atoms with Gasteiger partial charge < -0.3 is 5.32 Å². The first-order valence-corrected chi connectivity index (χ1v) is 6.30. The molecule has 0 fully saturated rings. The molecule has 15 heavy (non-hydrogen) atoms. The molecular weight excluding hydrogens is 230 g/mol. The third-order valence-electron chi connectivity index (χ3n) is 1.74. The molecule has 0 aromatic carbocycles. The van der Waals surface area contributed by atoms with E-state index in [1.807, 2.05) is 0 Å². The lowest BCUT2D eigenvalue weighted by atomic mass is 10.5. The van der Waals surface area contributed by atoms with Crippen LogP contribution in [0.25, 0.3) is 9.88 Å². The van der Waals surface area contributed by atoms with E-state index in [-0.39, 0.29) is 0 Å². The second-order valence-electron chi connectivity index (χ2n) is 2.96. The Balaban J connectivity index is 1.98. The summed E-state index contributed by atoms with van der Waals surface area (Å²) in [4.78, 5) is 0.981. The summed E-state index contributed by atoms with van der Waals surface area (Å²) >= 11 is 2.93. The standard InChI is InChI=1S/C8H11N5S2/c1-2-3-9-5-7-11-12-8(14-7)6-4-10-13-15-6/h4,9H,2-3,5H2,1H3. The predicted molar refractivity (Wildman–Crippen MR) is 60.8 cm³/mol. The maximum Gasteiger partial charge on any atom is 0.161 e. The van der Waals surface area contributed by atoms with Crippen LogP contribution in [0.5, 0.6) is 0 Å². The molecular formula is C8H11N5S2. The lowest BCUT2D eigenvalue weighted by Gasteiger charge is -1.96. The van der Waals surface area contributed by atoms with Crippen molar-refractivity contribution in [1.82, 2.24) is 25.1 Å². The van der Waals surface area contributed by atoms with Gasteiger partial charge in [-0.25, -0.2) is 0 Å². The fourth-order valence-electron chi connectivity index (χ4n) is 1.06. The average molecular weight is 241 g/mol. The zero-order valence-corrected chi connectivity index (χ0v) is 9.94. The Labute approximate surface area is 95.7 Å². The summed E-state index contributed by atoms with van der Waals surface area (Å²) in [5.41, 5.74) is 0. The number of nitrogens with one attached hydrogen (secondary N) is 1. The zero-order chi connectivity index (χ0) is 10.5. The summed E-state index contributed by atoms with van der Waals surface area (Å²) in [7, 11) is 0. The first-order valence-electron chi connectivity index (χ1n) is 4.71. The van der Waals surface area contributed by atoms with Crippen molar-refractivity contribution in [3.05, 3.63) is 11.2 Å². The van der Waals surface area contributed by atoms with E-state index in [0.717, 1.165) is 34.4 Å². The molecule has 2 aromatic rings. The molecule has 80 valence electrons. The van der Waals surface area contributed by atoms with Crippen LogP contribution in [0.4, 0.5) is 0 Å². The number of hydrogen-bond acceptors (Lipinski definition) is 7. The van der Waals surface area contributed by atoms with Gasteiger partial charge in [-0.2, -0.15) is 0 Å². The van der Waals surface area contributed by atoms with E-state index >= 15 is 0 Å². The molecule has 0 bridgehead atoms. The topological polar surface area (TPSA) is 63.6 Å². The molecule has 5 nitrogen and oxygen atoms in total. The molecule has 0 aliphatic heterocycles. The highest BCUT2D eigenvalue weighted by Crippen LogP contribution is 2.24. The van der Waals surface area contributed by atoms with Crippen molar-refractivity contribution in [1.29, 1.82) is 0 Å². The Kier molecular flexibility index (Phi) is 3.70. The van der Waals surface area contributed by atoms with E-state index in [0.29, 0.717) is 0 Å². The highest BCUT2D eigenvalue weighted by Gasteiger charge is 2.07. The van der Waals surface area contributed by atoms with E-state index < -0.39 is 0 Å². The van der Waals surface area contributed by atoms with Gasteiger partial charge in [0.05, 0.1) is 6.20 Å². The number of aromatic nitrogens is 4. The smallest absolute Gasteiger partial charge is 0.161 e. The SMILES string of the molecule is CCCNCc1nnc(-c2cnns2)s1. The van der Waals surface area contributed by atoms with Gasteiger partial charge in [-0.1, -0.05) is 22.7 Å². The van der Waals surface area contributed by atoms with E-state index in [1.54, 1.807) is 17.5 Å². The third kappa shape index (κ3) is 2.77. The van der Waals surface area contributed by atoms with E-state index in [1.165, 1.54) is 11.5 Å². The first-order chi connectivity index (χ1) is 7.40. The second-order valence-corrected chi connectivity index (χ2v) is 4.81. The number of nitrogens with zero attached hydrogens (tertiary/aromatic N) is 4. The highest BCUT2D eigenvalue weighted by molar-refractivity contribution is 7.19. The Morgan fingerprint density at radius 1 is 1.40 bits per heavy atom. The molecule has 0 spiro atoms. The fraction of sp³-hybridized carbons (Fsp3) is 0.500. The van der Waals surface area contributed by atoms with Crippen LogP contribution < -0.4 is 5.32 Å². The zero-order valence-electron chi connectivity index (χ0n) is 8.30. The van der Waals surface area contributed by atoms with Crippen LogP contribution in [0.15, 0.2) is 6.20 Å². The van der Waals surface area contributed by atoms with Crippen molar-refractivity contribution < 1.29 is 0 Å². The molecule has 2 aromatic heterocycles. The van der Waals surface area contributed by atoms with E-state index in [2.05, 4.69) is 32.0 Å². The third-order valence-corrected chi connectivity index (χ3v) is 3.50. The van der Waals surface area contributed by atoms with Crippen LogP contribution in [0, 0.1) is 0 Å². The van der Waals surface area contributed by atoms with Gasteiger partial charge in [0.2, 0.25) is 0 Å². The van der Waals surface area contributed by atoms with Gasteiger partial charge in [-0.15, -0.1) is 15.3 Å². The van der Waals surface area contributed by atoms with Gasteiger partial charge in [0.1, 0.15) is 9.88 Å². The van der Waals surface area contributed by atoms with Crippen LogP contribution in [0.1, 0.15) is 18.4 Å². The van der Waals surface area contributed by atoms with Gasteiger partial charge in [-0.3, -0.25) is 0 Å². The maximum atomic E-state index is 4.10. The molecule has 7 heteroatoms. The van der Waals surface area contributed by atoms with Gasteiger partial charge in [0.25, 0.3) is 0 Å². The highest BCUT2D eigenvalue weighted by atomic mass is 32.1. The molecule has 0 aliphatic carbocycles. The minimum atomic E-state index is 0.789. The summed E-state index contributed by atoms with van der Waals surface area (Å²) in [5.74, 6) is 0. The predicted octanol–water partition coefficient (Wildman–Crippen LogP) is 1.56. The summed E-state index contributed by atoms with van der Waals surface area (Å²) in [6.07, 6.45) is 2.85. The van der Waals surface area contributed by atoms with Crippen molar-refractivity contribution in [2.75, 3.05) is 6.54 Å². The van der Waals surface area contributed by atoms with Crippen molar-refractivity contribution in [2.45, 2.75) is 19.9 Å². The van der Waals surface area contributed by atoms with Crippen molar-refractivity contribution >= 4 is 22.9 Å². The lowest BCUT2D eigenvalue weighted by molar-refractivity contribution is 0.668. The molecule has 2 heterocycles. The minimum absolute atomic E-state index is 0.789. The van der Waals surface area contributed by atoms with Crippen LogP contribution in [0.2, 0.25) is 0 Å². The summed E-state index contributed by atoms with van der Waals surface area (Å²) in [6, 6.07) is 0. The first kappa shape index (κ1) is 10.6. The molecule has 0 saturated carbocycles. The Morgan fingerprint density at radius 3 is 3.07 bits per heavy atom. The molecule has 1 N–H and O–H groups in total. The largest absolute Gasteiger partial charge is 0.310 e. The number of hydrogen-bond donors (Lipinski definition) is 1. The van der Waals surface area contributed by atoms with Gasteiger partial charge in [0.15, 0.2) is 5.01 Å². The normalized spacial score (nSPS) is 10.7. The van der Waals surface area contributed by atoms with Gasteiger partial charge in [-0.05, 0) is 24.5 Å². The second kappa shape index (κ2) is 5.24. The quantitative estimate of drug-likeness (QED) is 0.805. The summed E-state index contributed by atoms with van der Waals surface area (Å²) in [5, 5.41) is 17.2. The molecule has 0 unspecified atom stereocenters. The van der Waals surface area contributed by atoms with E-state index in [4.69, 9.17) is 0 Å². The van der Waals surface area contributed by atoms with Crippen LogP contribution >= 0.6 is 22.9 Å². The average Bonchev–Trinajstić information content (AvgIpc) is 2.87. The lowest BCUT2D eigenvalue weighted by Crippen LogP contribution is -2.13. The molecule has 2 rings (SSSR count). The molecule has 0 atom stereocenters. The summed E-state index contributed by atoms with van der Waals surface area (Å²) < 4.78 is 3.80. The van der Waals surface area contributed by atoms with Crippen molar-refractivity contribution in [3.63, 3.8) is 0 Å². The van der Waals surface area contributed by atoms with Crippen molar-refractivity contribution in [3.8, 4) is 9.88 Å². The van der Waals surface area contributed by atoms with Gasteiger partial charge in [0, 0.05) is 6.54 Å². The minimum Gasteiger partial charge on any atom is -0.310 e. The Morgan fingerprint density at radius 2 is 2.33 bits per heavy atom. The number of rotatable bonds is 5. The molecule has 0 amide bonds. The van der Waals surface area contributed by atoms with Gasteiger partial charge >= 0.3 is 0 Å². The van der Waals surface area contributed by atoms with Crippen LogP contribution in [-0.2, 0) is 6.54 Å². The van der Waals surface area contributed by atoms with Crippen LogP contribution in [0.3, 0.4) is 0 Å². The van der Waals surface area contributed by atoms with Crippen LogP contribution in [-0.4, -0.2) is 26.3 Å². The molecule has 0 aliphatic rings. The summed E-state index contributed by atoms with van der Waals surface area (Å²) in [6.45, 7) is 3.94. The molecule has 0 radical (unpaired) electrons. The fourth-order valence-corrected chi connectivity index (χ4v) is 2.40. The Bertz CT molecular complexity index is 397.